The number of aliphatic carboxylic acids is 1. The Hall–Kier alpha value is -2.11. The molecule has 2 bridgehead atoms. The maximum Gasteiger partial charge on any atom is 0.333 e. The SMILES string of the molecule is C=C1[C@@H]2CC[C@H]3[C@]4(C)CCC[C@@](C)(C(=O)O)[C@H]4C[C@H](OC(=O)/C(C)=C\C)[C@]3(C2)[C@@H]1OC(C)=O. The minimum absolute atomic E-state index is 0.0892. The standard InChI is InChI=1S/C27H38O6/c1-7-15(2)23(29)33-21-13-20-25(5,11-8-12-26(20,6)24(30)31)19-10-9-18-14-27(19,21)22(16(18)3)32-17(4)28/h7,18-22H,3,8-14H2,1-2,4-6H3,(H,30,31)/b15-7-/t18-,19+,20+,21+,22-,25+,26-,27-/m1/s1. The van der Waals surface area contributed by atoms with Crippen LogP contribution in [0.2, 0.25) is 0 Å². The van der Waals surface area contributed by atoms with Crippen LogP contribution in [0.4, 0.5) is 0 Å². The smallest absolute Gasteiger partial charge is 0.333 e. The van der Waals surface area contributed by atoms with Gasteiger partial charge in [0.05, 0.1) is 10.8 Å². The van der Waals surface area contributed by atoms with Crippen LogP contribution < -0.4 is 0 Å². The van der Waals surface area contributed by atoms with Gasteiger partial charge in [-0.2, -0.15) is 0 Å². The van der Waals surface area contributed by atoms with E-state index in [1.165, 1.54) is 6.92 Å². The van der Waals surface area contributed by atoms with Gasteiger partial charge < -0.3 is 14.6 Å². The van der Waals surface area contributed by atoms with Gasteiger partial charge in [-0.25, -0.2) is 4.79 Å². The van der Waals surface area contributed by atoms with E-state index in [0.29, 0.717) is 18.4 Å². The number of rotatable bonds is 4. The molecule has 4 saturated carbocycles. The van der Waals surface area contributed by atoms with Gasteiger partial charge in [0, 0.05) is 12.5 Å². The molecule has 4 aliphatic rings. The number of allylic oxidation sites excluding steroid dienone is 1. The molecule has 0 amide bonds. The first-order valence-corrected chi connectivity index (χ1v) is 12.3. The summed E-state index contributed by atoms with van der Waals surface area (Å²) in [6.07, 6.45) is 6.21. The van der Waals surface area contributed by atoms with E-state index in [-0.39, 0.29) is 35.1 Å². The molecule has 0 aromatic carbocycles. The molecule has 0 aliphatic heterocycles. The lowest BCUT2D eigenvalue weighted by Crippen LogP contribution is -2.66. The van der Waals surface area contributed by atoms with Crippen molar-refractivity contribution < 1.29 is 29.0 Å². The molecule has 6 heteroatoms. The van der Waals surface area contributed by atoms with Crippen molar-refractivity contribution >= 4 is 17.9 Å². The molecule has 8 atom stereocenters. The van der Waals surface area contributed by atoms with Crippen molar-refractivity contribution in [2.75, 3.05) is 0 Å². The minimum Gasteiger partial charge on any atom is -0.481 e. The topological polar surface area (TPSA) is 89.9 Å². The van der Waals surface area contributed by atoms with Gasteiger partial charge in [-0.3, -0.25) is 9.59 Å². The summed E-state index contributed by atoms with van der Waals surface area (Å²) in [6.45, 7) is 13.4. The summed E-state index contributed by atoms with van der Waals surface area (Å²) in [5.74, 6) is -1.32. The Balaban J connectivity index is 1.87. The summed E-state index contributed by atoms with van der Waals surface area (Å²) in [5.41, 5.74) is -0.224. The molecule has 1 spiro atoms. The second-order valence-electron chi connectivity index (χ2n) is 11.4. The van der Waals surface area contributed by atoms with E-state index in [1.807, 2.05) is 6.92 Å². The molecule has 0 unspecified atom stereocenters. The van der Waals surface area contributed by atoms with E-state index >= 15 is 0 Å². The number of carboxylic acid groups (broad SMARTS) is 1. The van der Waals surface area contributed by atoms with Crippen molar-refractivity contribution in [1.29, 1.82) is 0 Å². The lowest BCUT2D eigenvalue weighted by atomic mass is 9.40. The first-order valence-electron chi connectivity index (χ1n) is 12.3. The molecule has 0 heterocycles. The molecule has 33 heavy (non-hydrogen) atoms. The van der Waals surface area contributed by atoms with Gasteiger partial charge in [-0.15, -0.1) is 0 Å². The zero-order chi connectivity index (χ0) is 24.3. The van der Waals surface area contributed by atoms with Crippen molar-refractivity contribution in [3.63, 3.8) is 0 Å². The molecule has 4 fully saturated rings. The number of ether oxygens (including phenoxy) is 2. The van der Waals surface area contributed by atoms with Crippen LogP contribution in [0, 0.1) is 34.0 Å². The van der Waals surface area contributed by atoms with E-state index in [9.17, 15) is 19.5 Å². The molecule has 0 aromatic heterocycles. The zero-order valence-corrected chi connectivity index (χ0v) is 20.6. The second-order valence-corrected chi connectivity index (χ2v) is 11.4. The summed E-state index contributed by atoms with van der Waals surface area (Å²) in [6, 6.07) is 0. The number of carbonyl (C=O) groups excluding carboxylic acids is 2. The summed E-state index contributed by atoms with van der Waals surface area (Å²) in [4.78, 5) is 37.7. The van der Waals surface area contributed by atoms with E-state index in [0.717, 1.165) is 37.7 Å². The fourth-order valence-corrected chi connectivity index (χ4v) is 8.34. The van der Waals surface area contributed by atoms with Gasteiger partial charge in [-0.1, -0.05) is 26.0 Å². The Labute approximate surface area is 196 Å². The van der Waals surface area contributed by atoms with Crippen molar-refractivity contribution in [1.82, 2.24) is 0 Å². The molecule has 0 radical (unpaired) electrons. The van der Waals surface area contributed by atoms with Crippen LogP contribution in [-0.2, 0) is 23.9 Å². The van der Waals surface area contributed by atoms with Gasteiger partial charge in [0.2, 0.25) is 0 Å². The fourth-order valence-electron chi connectivity index (χ4n) is 8.34. The van der Waals surface area contributed by atoms with Gasteiger partial charge in [0.15, 0.2) is 0 Å². The Bertz CT molecular complexity index is 920. The third-order valence-corrected chi connectivity index (χ3v) is 10.0. The minimum atomic E-state index is -0.877. The molecule has 1 N–H and O–H groups in total. The van der Waals surface area contributed by atoms with Crippen LogP contribution in [0.15, 0.2) is 23.8 Å². The maximum atomic E-state index is 13.0. The normalized spacial score (nSPS) is 44.5. The van der Waals surface area contributed by atoms with Crippen LogP contribution in [0.1, 0.15) is 79.6 Å². The maximum absolute atomic E-state index is 13.0. The zero-order valence-electron chi connectivity index (χ0n) is 20.6. The predicted molar refractivity (Wildman–Crippen MR) is 123 cm³/mol. The molecule has 182 valence electrons. The van der Waals surface area contributed by atoms with Gasteiger partial charge in [0.25, 0.3) is 0 Å². The second kappa shape index (κ2) is 7.99. The van der Waals surface area contributed by atoms with Crippen LogP contribution in [0.5, 0.6) is 0 Å². The average molecular weight is 459 g/mol. The average Bonchev–Trinajstić information content (AvgIpc) is 2.95. The Kier molecular flexibility index (Phi) is 5.82. The molecule has 6 nitrogen and oxygen atoms in total. The van der Waals surface area contributed by atoms with Gasteiger partial charge in [-0.05, 0) is 88.0 Å². The van der Waals surface area contributed by atoms with Crippen LogP contribution in [0.3, 0.4) is 0 Å². The summed E-state index contributed by atoms with van der Waals surface area (Å²) in [7, 11) is 0. The van der Waals surface area contributed by atoms with E-state index in [2.05, 4.69) is 13.5 Å². The van der Waals surface area contributed by atoms with Gasteiger partial charge in [0.1, 0.15) is 12.2 Å². The Morgan fingerprint density at radius 3 is 2.39 bits per heavy atom. The highest BCUT2D eigenvalue weighted by Gasteiger charge is 2.73. The van der Waals surface area contributed by atoms with Crippen molar-refractivity contribution in [3.05, 3.63) is 23.8 Å². The molecule has 0 saturated heterocycles. The van der Waals surface area contributed by atoms with Crippen molar-refractivity contribution in [3.8, 4) is 0 Å². The number of esters is 2. The lowest BCUT2D eigenvalue weighted by molar-refractivity contribution is -0.236. The lowest BCUT2D eigenvalue weighted by Gasteiger charge is -2.65. The largest absolute Gasteiger partial charge is 0.481 e. The summed E-state index contributed by atoms with van der Waals surface area (Å²) in [5, 5.41) is 10.3. The fraction of sp³-hybridized carbons (Fsp3) is 0.741. The van der Waals surface area contributed by atoms with E-state index in [1.54, 1.807) is 19.9 Å². The molecular formula is C27H38O6. The van der Waals surface area contributed by atoms with Crippen LogP contribution in [-0.4, -0.2) is 35.2 Å². The highest BCUT2D eigenvalue weighted by atomic mass is 16.6. The molecule has 0 aromatic rings. The third kappa shape index (κ3) is 3.30. The molecule has 4 aliphatic carbocycles. The molecule has 4 rings (SSSR count). The number of hydrogen-bond acceptors (Lipinski definition) is 5. The van der Waals surface area contributed by atoms with Crippen molar-refractivity contribution in [2.45, 2.75) is 91.8 Å². The first-order chi connectivity index (χ1) is 15.4. The highest BCUT2D eigenvalue weighted by Crippen LogP contribution is 2.73. The first kappa shape index (κ1) is 24.0. The number of fused-ring (bicyclic) bond motifs is 3. The Morgan fingerprint density at radius 2 is 1.79 bits per heavy atom. The van der Waals surface area contributed by atoms with Crippen LogP contribution in [0.25, 0.3) is 0 Å². The van der Waals surface area contributed by atoms with Crippen LogP contribution >= 0.6 is 0 Å². The monoisotopic (exact) mass is 458 g/mol. The number of carboxylic acids is 1. The number of hydrogen-bond donors (Lipinski definition) is 1. The Morgan fingerprint density at radius 1 is 1.09 bits per heavy atom. The van der Waals surface area contributed by atoms with E-state index < -0.39 is 29.0 Å². The molecular weight excluding hydrogens is 420 g/mol. The number of carbonyl (C=O) groups is 3. The summed E-state index contributed by atoms with van der Waals surface area (Å²) < 4.78 is 12.2. The third-order valence-electron chi connectivity index (χ3n) is 10.0. The van der Waals surface area contributed by atoms with E-state index in [4.69, 9.17) is 9.47 Å². The predicted octanol–water partition coefficient (Wildman–Crippen LogP) is 5.07. The summed E-state index contributed by atoms with van der Waals surface area (Å²) >= 11 is 0. The quantitative estimate of drug-likeness (QED) is 0.359. The van der Waals surface area contributed by atoms with Crippen molar-refractivity contribution in [2.24, 2.45) is 34.0 Å². The van der Waals surface area contributed by atoms with Gasteiger partial charge >= 0.3 is 17.9 Å². The highest BCUT2D eigenvalue weighted by molar-refractivity contribution is 5.87.